The highest BCUT2D eigenvalue weighted by molar-refractivity contribution is 6.21. The van der Waals surface area contributed by atoms with Crippen LogP contribution in [0.1, 0.15) is 57.8 Å². The molecule has 2 aliphatic rings. The summed E-state index contributed by atoms with van der Waals surface area (Å²) in [6.07, 6.45) is 10.4. The lowest BCUT2D eigenvalue weighted by molar-refractivity contribution is -0.122. The minimum Gasteiger partial charge on any atom is -0.352 e. The lowest BCUT2D eigenvalue weighted by Crippen LogP contribution is -2.38. The predicted octanol–water partition coefficient (Wildman–Crippen LogP) is 3.23. The molecule has 0 saturated heterocycles. The second-order valence-electron chi connectivity index (χ2n) is 5.33. The van der Waals surface area contributed by atoms with Crippen LogP contribution >= 0.6 is 11.6 Å². The van der Waals surface area contributed by atoms with E-state index in [1.54, 1.807) is 0 Å². The van der Waals surface area contributed by atoms with Crippen LogP contribution in [0.2, 0.25) is 0 Å². The van der Waals surface area contributed by atoms with Crippen molar-refractivity contribution in [3.05, 3.63) is 0 Å². The monoisotopic (exact) mass is 243 g/mol. The second kappa shape index (κ2) is 5.90. The van der Waals surface area contributed by atoms with Crippen molar-refractivity contribution in [1.29, 1.82) is 0 Å². The number of nitrogens with one attached hydrogen (secondary N) is 1. The predicted molar refractivity (Wildman–Crippen MR) is 66.6 cm³/mol. The van der Waals surface area contributed by atoms with Crippen molar-refractivity contribution in [3.63, 3.8) is 0 Å². The molecule has 2 rings (SSSR count). The van der Waals surface area contributed by atoms with Gasteiger partial charge in [0.2, 0.25) is 5.91 Å². The summed E-state index contributed by atoms with van der Waals surface area (Å²) in [6, 6.07) is 0.234. The number of carbonyl (C=O) groups excluding carboxylic acids is 1. The Bertz CT molecular complexity index is 238. The summed E-state index contributed by atoms with van der Waals surface area (Å²) in [5.74, 6) is 0.855. The lowest BCUT2D eigenvalue weighted by atomic mass is 9.87. The average Bonchev–Trinajstić information content (AvgIpc) is 2.66. The van der Waals surface area contributed by atoms with Crippen molar-refractivity contribution in [2.45, 2.75) is 69.2 Å². The Labute approximate surface area is 103 Å². The van der Waals surface area contributed by atoms with Gasteiger partial charge in [-0.15, -0.1) is 11.6 Å². The third-order valence-corrected chi connectivity index (χ3v) is 4.50. The van der Waals surface area contributed by atoms with E-state index in [1.165, 1.54) is 32.1 Å². The molecule has 0 aliphatic heterocycles. The first-order chi connectivity index (χ1) is 7.75. The SMILES string of the molecule is O=C(CC1CCCCC1)NC1CCCC1Cl. The van der Waals surface area contributed by atoms with Crippen molar-refractivity contribution < 1.29 is 4.79 Å². The molecule has 0 aromatic carbocycles. The molecule has 0 heterocycles. The summed E-state index contributed by atoms with van der Waals surface area (Å²) in [7, 11) is 0. The van der Waals surface area contributed by atoms with Crippen LogP contribution in [0.4, 0.5) is 0 Å². The maximum absolute atomic E-state index is 11.8. The van der Waals surface area contributed by atoms with Gasteiger partial charge < -0.3 is 5.32 Å². The second-order valence-corrected chi connectivity index (χ2v) is 5.89. The van der Waals surface area contributed by atoms with Gasteiger partial charge in [0.25, 0.3) is 0 Å². The zero-order valence-electron chi connectivity index (χ0n) is 9.88. The molecule has 2 aliphatic carbocycles. The van der Waals surface area contributed by atoms with Crippen molar-refractivity contribution in [2.75, 3.05) is 0 Å². The fourth-order valence-corrected chi connectivity index (χ4v) is 3.34. The van der Waals surface area contributed by atoms with Gasteiger partial charge in [-0.25, -0.2) is 0 Å². The highest BCUT2D eigenvalue weighted by atomic mass is 35.5. The van der Waals surface area contributed by atoms with Gasteiger partial charge >= 0.3 is 0 Å². The van der Waals surface area contributed by atoms with E-state index in [0.29, 0.717) is 5.92 Å². The standard InChI is InChI=1S/C13H22ClNO/c14-11-7-4-8-12(11)15-13(16)9-10-5-2-1-3-6-10/h10-12H,1-9H2,(H,15,16). The van der Waals surface area contributed by atoms with Crippen molar-refractivity contribution in [3.8, 4) is 0 Å². The highest BCUT2D eigenvalue weighted by Crippen LogP contribution is 2.27. The van der Waals surface area contributed by atoms with Gasteiger partial charge in [0.1, 0.15) is 0 Å². The van der Waals surface area contributed by atoms with Crippen molar-refractivity contribution >= 4 is 17.5 Å². The Morgan fingerprint density at radius 1 is 1.06 bits per heavy atom. The summed E-state index contributed by atoms with van der Waals surface area (Å²) in [5.41, 5.74) is 0. The summed E-state index contributed by atoms with van der Waals surface area (Å²) in [5, 5.41) is 3.27. The Hall–Kier alpha value is -0.240. The van der Waals surface area contributed by atoms with Gasteiger partial charge in [-0.2, -0.15) is 0 Å². The third-order valence-electron chi connectivity index (χ3n) is 3.98. The molecule has 2 nitrogen and oxygen atoms in total. The smallest absolute Gasteiger partial charge is 0.220 e. The van der Waals surface area contributed by atoms with E-state index >= 15 is 0 Å². The quantitative estimate of drug-likeness (QED) is 0.758. The van der Waals surface area contributed by atoms with Crippen LogP contribution < -0.4 is 5.32 Å². The summed E-state index contributed by atoms with van der Waals surface area (Å²) >= 11 is 6.15. The van der Waals surface area contributed by atoms with Gasteiger partial charge in [-0.3, -0.25) is 4.79 Å². The molecule has 92 valence electrons. The Morgan fingerprint density at radius 2 is 1.81 bits per heavy atom. The van der Waals surface area contributed by atoms with Gasteiger partial charge in [-0.05, 0) is 38.0 Å². The first-order valence-electron chi connectivity index (χ1n) is 6.69. The fraction of sp³-hybridized carbons (Fsp3) is 0.923. The molecule has 0 bridgehead atoms. The van der Waals surface area contributed by atoms with Crippen molar-refractivity contribution in [1.82, 2.24) is 5.32 Å². The number of rotatable bonds is 3. The van der Waals surface area contributed by atoms with Gasteiger partial charge in [-0.1, -0.05) is 19.3 Å². The molecule has 16 heavy (non-hydrogen) atoms. The molecule has 0 radical (unpaired) electrons. The van der Waals surface area contributed by atoms with Crippen molar-refractivity contribution in [2.24, 2.45) is 5.92 Å². The number of carbonyl (C=O) groups is 1. The highest BCUT2D eigenvalue weighted by Gasteiger charge is 2.27. The molecule has 0 spiro atoms. The number of alkyl halides is 1. The van der Waals surface area contributed by atoms with E-state index in [-0.39, 0.29) is 17.3 Å². The maximum atomic E-state index is 11.8. The van der Waals surface area contributed by atoms with Crippen LogP contribution in [0.15, 0.2) is 0 Å². The first-order valence-corrected chi connectivity index (χ1v) is 7.13. The molecule has 2 atom stereocenters. The average molecular weight is 244 g/mol. The number of hydrogen-bond acceptors (Lipinski definition) is 1. The maximum Gasteiger partial charge on any atom is 0.220 e. The topological polar surface area (TPSA) is 29.1 Å². The molecular formula is C13H22ClNO. The van der Waals surface area contributed by atoms with E-state index < -0.39 is 0 Å². The van der Waals surface area contributed by atoms with E-state index in [2.05, 4.69) is 5.32 Å². The minimum atomic E-state index is 0.162. The molecule has 1 amide bonds. The molecule has 0 aromatic heterocycles. The van der Waals surface area contributed by atoms with Crippen LogP contribution in [-0.2, 0) is 4.79 Å². The summed E-state index contributed by atoms with van der Waals surface area (Å²) < 4.78 is 0. The number of amides is 1. The van der Waals surface area contributed by atoms with Gasteiger partial charge in [0, 0.05) is 12.5 Å². The van der Waals surface area contributed by atoms with Gasteiger partial charge in [0.05, 0.1) is 5.38 Å². The molecule has 0 aromatic rings. The summed E-state index contributed by atoms with van der Waals surface area (Å²) in [4.78, 5) is 11.8. The molecule has 3 heteroatoms. The Balaban J connectivity index is 1.70. The summed E-state index contributed by atoms with van der Waals surface area (Å²) in [6.45, 7) is 0. The Kier molecular flexibility index (Phi) is 4.51. The normalized spacial score (nSPS) is 31.6. The van der Waals surface area contributed by atoms with Gasteiger partial charge in [0.15, 0.2) is 0 Å². The van der Waals surface area contributed by atoms with Crippen LogP contribution in [0.3, 0.4) is 0 Å². The first kappa shape index (κ1) is 12.2. The molecular weight excluding hydrogens is 222 g/mol. The van der Waals surface area contributed by atoms with E-state index in [0.717, 1.165) is 25.7 Å². The zero-order chi connectivity index (χ0) is 11.4. The van der Waals surface area contributed by atoms with E-state index in [9.17, 15) is 4.79 Å². The number of halogens is 1. The lowest BCUT2D eigenvalue weighted by Gasteiger charge is -2.22. The van der Waals surface area contributed by atoms with E-state index in [4.69, 9.17) is 11.6 Å². The third kappa shape index (κ3) is 3.38. The molecule has 2 unspecified atom stereocenters. The molecule has 1 N–H and O–H groups in total. The minimum absolute atomic E-state index is 0.162. The van der Waals surface area contributed by atoms with Crippen LogP contribution in [0.5, 0.6) is 0 Å². The molecule has 2 saturated carbocycles. The molecule has 2 fully saturated rings. The van der Waals surface area contributed by atoms with Crippen LogP contribution in [-0.4, -0.2) is 17.3 Å². The van der Waals surface area contributed by atoms with Crippen LogP contribution in [0, 0.1) is 5.92 Å². The fourth-order valence-electron chi connectivity index (χ4n) is 3.00. The van der Waals surface area contributed by atoms with Crippen LogP contribution in [0.25, 0.3) is 0 Å². The zero-order valence-corrected chi connectivity index (χ0v) is 10.6. The number of hydrogen-bond donors (Lipinski definition) is 1. The Morgan fingerprint density at radius 3 is 2.44 bits per heavy atom. The largest absolute Gasteiger partial charge is 0.352 e. The van der Waals surface area contributed by atoms with E-state index in [1.807, 2.05) is 0 Å².